The smallest absolute Gasteiger partial charge is 0.338 e. The Bertz CT molecular complexity index is 968. The highest BCUT2D eigenvalue weighted by Gasteiger charge is 2.36. The third-order valence-electron chi connectivity index (χ3n) is 3.97. The lowest BCUT2D eigenvalue weighted by Gasteiger charge is -2.26. The quantitative estimate of drug-likeness (QED) is 0.762. The third kappa shape index (κ3) is 2.87. The minimum Gasteiger partial charge on any atom is -0.463 e. The number of allylic oxidation sites excluding steroid dienone is 2. The number of nitrogens with one attached hydrogen (secondary N) is 1. The molecule has 1 atom stereocenters. The van der Waals surface area contributed by atoms with Crippen LogP contribution in [0, 0.1) is 11.3 Å². The molecule has 0 spiro atoms. The van der Waals surface area contributed by atoms with Crippen LogP contribution in [0.2, 0.25) is 0 Å². The molecule has 25 heavy (non-hydrogen) atoms. The van der Waals surface area contributed by atoms with Crippen LogP contribution >= 0.6 is 15.9 Å². The van der Waals surface area contributed by atoms with Crippen molar-refractivity contribution in [3.63, 3.8) is 0 Å². The van der Waals surface area contributed by atoms with Crippen molar-refractivity contribution in [1.29, 1.82) is 5.26 Å². The molecule has 2 heterocycles. The molecule has 0 saturated carbocycles. The van der Waals surface area contributed by atoms with Gasteiger partial charge in [0.15, 0.2) is 0 Å². The van der Waals surface area contributed by atoms with Gasteiger partial charge in [-0.05, 0) is 47.5 Å². The lowest BCUT2D eigenvalue weighted by molar-refractivity contribution is -0.139. The fraction of sp³-hybridized carbons (Fsp3) is 0.235. The number of carbonyl (C=O) groups is 1. The first-order valence-corrected chi connectivity index (χ1v) is 8.36. The summed E-state index contributed by atoms with van der Waals surface area (Å²) >= 11 is 3.40. The number of hydrogen-bond acceptors (Lipinski definition) is 6. The van der Waals surface area contributed by atoms with E-state index in [1.807, 2.05) is 18.2 Å². The SMILES string of the molecule is CCOC(=O)C1=C(C)OC(N)=C(C#N)C1c1ccc2n[nH]c(Br)c2c1. The van der Waals surface area contributed by atoms with E-state index in [2.05, 4.69) is 32.2 Å². The van der Waals surface area contributed by atoms with Gasteiger partial charge in [-0.1, -0.05) is 6.07 Å². The standard InChI is InChI=1S/C17H15BrN4O3/c1-3-24-17(23)13-8(2)25-16(20)11(7-19)14(13)9-4-5-12-10(6-9)15(18)22-21-12/h4-6,14H,3,20H2,1-2H3,(H,21,22). The molecule has 1 aliphatic heterocycles. The summed E-state index contributed by atoms with van der Waals surface area (Å²) in [6.07, 6.45) is 0. The summed E-state index contributed by atoms with van der Waals surface area (Å²) in [6, 6.07) is 7.53. The molecule has 0 bridgehead atoms. The molecule has 1 aromatic carbocycles. The molecule has 1 aromatic heterocycles. The number of ether oxygens (including phenoxy) is 2. The fourth-order valence-electron chi connectivity index (χ4n) is 2.86. The van der Waals surface area contributed by atoms with Crippen molar-refractivity contribution < 1.29 is 14.3 Å². The van der Waals surface area contributed by atoms with Gasteiger partial charge < -0.3 is 15.2 Å². The molecule has 1 unspecified atom stereocenters. The molecule has 8 heteroatoms. The minimum absolute atomic E-state index is 0.00981. The Morgan fingerprint density at radius 2 is 2.32 bits per heavy atom. The van der Waals surface area contributed by atoms with Gasteiger partial charge in [0.25, 0.3) is 0 Å². The van der Waals surface area contributed by atoms with Gasteiger partial charge in [-0.2, -0.15) is 10.4 Å². The Hall–Kier alpha value is -2.79. The van der Waals surface area contributed by atoms with E-state index in [1.165, 1.54) is 0 Å². The lowest BCUT2D eigenvalue weighted by Crippen LogP contribution is -2.25. The van der Waals surface area contributed by atoms with Crippen LogP contribution in [0.5, 0.6) is 0 Å². The normalized spacial score (nSPS) is 17.4. The number of esters is 1. The molecular weight excluding hydrogens is 388 g/mol. The van der Waals surface area contributed by atoms with Crippen molar-refractivity contribution in [2.45, 2.75) is 19.8 Å². The molecule has 0 saturated heterocycles. The van der Waals surface area contributed by atoms with Gasteiger partial charge in [-0.3, -0.25) is 5.10 Å². The Morgan fingerprint density at radius 1 is 1.56 bits per heavy atom. The Labute approximate surface area is 152 Å². The number of fused-ring (bicyclic) bond motifs is 1. The first-order chi connectivity index (χ1) is 12.0. The number of nitriles is 1. The van der Waals surface area contributed by atoms with Crippen LogP contribution in [0.1, 0.15) is 25.3 Å². The Kier molecular flexibility index (Phi) is 4.51. The summed E-state index contributed by atoms with van der Waals surface area (Å²) in [5.41, 5.74) is 7.81. The lowest BCUT2D eigenvalue weighted by atomic mass is 9.83. The second kappa shape index (κ2) is 6.61. The number of nitrogens with zero attached hydrogens (tertiary/aromatic N) is 2. The molecule has 2 aromatic rings. The highest BCUT2D eigenvalue weighted by atomic mass is 79.9. The highest BCUT2D eigenvalue weighted by Crippen LogP contribution is 2.40. The van der Waals surface area contributed by atoms with Crippen LogP contribution in [0.3, 0.4) is 0 Å². The van der Waals surface area contributed by atoms with Crippen molar-refractivity contribution >= 4 is 32.8 Å². The molecule has 0 amide bonds. The average molecular weight is 403 g/mol. The van der Waals surface area contributed by atoms with Gasteiger partial charge in [0, 0.05) is 5.39 Å². The van der Waals surface area contributed by atoms with Gasteiger partial charge in [0.1, 0.15) is 22.0 Å². The number of hydrogen-bond donors (Lipinski definition) is 2. The number of benzene rings is 1. The maximum Gasteiger partial charge on any atom is 0.338 e. The zero-order valence-electron chi connectivity index (χ0n) is 13.6. The number of halogens is 1. The summed E-state index contributed by atoms with van der Waals surface area (Å²) in [4.78, 5) is 12.5. The van der Waals surface area contributed by atoms with Gasteiger partial charge >= 0.3 is 5.97 Å². The van der Waals surface area contributed by atoms with Gasteiger partial charge in [-0.15, -0.1) is 0 Å². The molecule has 7 nitrogen and oxygen atoms in total. The minimum atomic E-state index is -0.663. The number of aromatic amines is 1. The third-order valence-corrected chi connectivity index (χ3v) is 4.57. The number of rotatable bonds is 3. The summed E-state index contributed by atoms with van der Waals surface area (Å²) < 4.78 is 11.3. The summed E-state index contributed by atoms with van der Waals surface area (Å²) in [5.74, 6) is -0.878. The van der Waals surface area contributed by atoms with Crippen molar-refractivity contribution in [3.8, 4) is 6.07 Å². The van der Waals surface area contributed by atoms with E-state index in [1.54, 1.807) is 13.8 Å². The van der Waals surface area contributed by atoms with Gasteiger partial charge in [0.2, 0.25) is 5.88 Å². The summed E-state index contributed by atoms with van der Waals surface area (Å²) in [7, 11) is 0. The van der Waals surface area contributed by atoms with Crippen molar-refractivity contribution in [3.05, 3.63) is 51.2 Å². The van der Waals surface area contributed by atoms with Crippen LogP contribution in [-0.4, -0.2) is 22.8 Å². The Morgan fingerprint density at radius 3 is 3.00 bits per heavy atom. The van der Waals surface area contributed by atoms with E-state index in [9.17, 15) is 10.1 Å². The average Bonchev–Trinajstić information content (AvgIpc) is 2.95. The second-order valence-corrected chi connectivity index (χ2v) is 6.22. The zero-order chi connectivity index (χ0) is 18.1. The van der Waals surface area contributed by atoms with Crippen molar-refractivity contribution in [2.24, 2.45) is 5.73 Å². The van der Waals surface area contributed by atoms with E-state index in [-0.39, 0.29) is 23.6 Å². The molecular formula is C17H15BrN4O3. The number of aromatic nitrogens is 2. The van der Waals surface area contributed by atoms with Gasteiger partial charge in [-0.25, -0.2) is 4.79 Å². The maximum absolute atomic E-state index is 12.5. The number of nitrogens with two attached hydrogens (primary N) is 1. The maximum atomic E-state index is 12.5. The van der Waals surface area contributed by atoms with Crippen LogP contribution in [-0.2, 0) is 14.3 Å². The van der Waals surface area contributed by atoms with Crippen LogP contribution in [0.25, 0.3) is 10.9 Å². The number of carbonyl (C=O) groups excluding carboxylic acids is 1. The first kappa shape index (κ1) is 17.0. The van der Waals surface area contributed by atoms with E-state index >= 15 is 0 Å². The molecule has 3 N–H and O–H groups in total. The predicted octanol–water partition coefficient (Wildman–Crippen LogP) is 2.97. The molecule has 3 rings (SSSR count). The van der Waals surface area contributed by atoms with Gasteiger partial charge in [0.05, 0.1) is 23.6 Å². The molecule has 128 valence electrons. The zero-order valence-corrected chi connectivity index (χ0v) is 15.2. The van der Waals surface area contributed by atoms with Crippen LogP contribution < -0.4 is 5.73 Å². The topological polar surface area (TPSA) is 114 Å². The largest absolute Gasteiger partial charge is 0.463 e. The van der Waals surface area contributed by atoms with E-state index in [4.69, 9.17) is 15.2 Å². The molecule has 0 fully saturated rings. The monoisotopic (exact) mass is 402 g/mol. The van der Waals surface area contributed by atoms with E-state index in [0.717, 1.165) is 16.5 Å². The molecule has 1 aliphatic rings. The fourth-order valence-corrected chi connectivity index (χ4v) is 3.27. The van der Waals surface area contributed by atoms with E-state index < -0.39 is 11.9 Å². The highest BCUT2D eigenvalue weighted by molar-refractivity contribution is 9.10. The second-order valence-electron chi connectivity index (χ2n) is 5.43. The van der Waals surface area contributed by atoms with E-state index in [0.29, 0.717) is 10.4 Å². The molecule has 0 radical (unpaired) electrons. The summed E-state index contributed by atoms with van der Waals surface area (Å²) in [6.45, 7) is 3.57. The number of H-pyrrole nitrogens is 1. The van der Waals surface area contributed by atoms with Crippen LogP contribution in [0.4, 0.5) is 0 Å². The van der Waals surface area contributed by atoms with Crippen LogP contribution in [0.15, 0.2) is 45.6 Å². The summed E-state index contributed by atoms with van der Waals surface area (Å²) in [5, 5.41) is 17.4. The predicted molar refractivity (Wildman–Crippen MR) is 93.8 cm³/mol. The Balaban J connectivity index is 2.21. The van der Waals surface area contributed by atoms with Crippen molar-refractivity contribution in [1.82, 2.24) is 10.2 Å². The van der Waals surface area contributed by atoms with Crippen molar-refractivity contribution in [2.75, 3.05) is 6.61 Å². The molecule has 0 aliphatic carbocycles. The first-order valence-electron chi connectivity index (χ1n) is 7.56.